The molecule has 0 radical (unpaired) electrons. The van der Waals surface area contributed by atoms with Crippen LogP contribution in [-0.2, 0) is 9.53 Å². The lowest BCUT2D eigenvalue weighted by Gasteiger charge is -2.12. The van der Waals surface area contributed by atoms with Gasteiger partial charge >= 0.3 is 5.97 Å². The Kier molecular flexibility index (Phi) is 3.63. The molecule has 0 bridgehead atoms. The number of amidine groups is 1. The van der Waals surface area contributed by atoms with E-state index in [-0.39, 0.29) is 17.5 Å². The average molecular weight is 265 g/mol. The zero-order valence-electron chi connectivity index (χ0n) is 9.58. The largest absolute Gasteiger partial charge is 0.461 e. The SMILES string of the molecule is CCOC(=O)C1=NC(=N)SC1=C1C=CN(O)C=C1. The Balaban J connectivity index is 2.34. The third kappa shape index (κ3) is 2.52. The maximum absolute atomic E-state index is 11.7. The molecule has 94 valence electrons. The van der Waals surface area contributed by atoms with E-state index in [4.69, 9.17) is 15.4 Å². The maximum atomic E-state index is 11.7. The monoisotopic (exact) mass is 265 g/mol. The fourth-order valence-corrected chi connectivity index (χ4v) is 2.23. The first-order valence-electron chi connectivity index (χ1n) is 5.22. The summed E-state index contributed by atoms with van der Waals surface area (Å²) in [5.74, 6) is -0.539. The van der Waals surface area contributed by atoms with E-state index < -0.39 is 5.97 Å². The Morgan fingerprint density at radius 2 is 2.22 bits per heavy atom. The van der Waals surface area contributed by atoms with Gasteiger partial charge in [0, 0.05) is 12.4 Å². The van der Waals surface area contributed by atoms with Crippen molar-refractivity contribution in [1.82, 2.24) is 5.06 Å². The smallest absolute Gasteiger partial charge is 0.358 e. The normalized spacial score (nSPS) is 18.4. The number of hydrogen-bond donors (Lipinski definition) is 2. The number of nitrogens with one attached hydrogen (secondary N) is 1. The lowest BCUT2D eigenvalue weighted by molar-refractivity contribution is -0.134. The number of allylic oxidation sites excluding steroid dienone is 3. The Bertz CT molecular complexity index is 504. The summed E-state index contributed by atoms with van der Waals surface area (Å²) in [5.41, 5.74) is 0.849. The summed E-state index contributed by atoms with van der Waals surface area (Å²) in [6.07, 6.45) is 6.15. The first-order chi connectivity index (χ1) is 8.61. The molecule has 0 aromatic rings. The number of aliphatic imine (C=N–C) groups is 1. The van der Waals surface area contributed by atoms with Crippen molar-refractivity contribution in [2.45, 2.75) is 6.92 Å². The minimum atomic E-state index is -0.539. The molecular weight excluding hydrogens is 254 g/mol. The quantitative estimate of drug-likeness (QED) is 0.741. The van der Waals surface area contributed by atoms with Gasteiger partial charge in [-0.2, -0.15) is 0 Å². The van der Waals surface area contributed by atoms with Gasteiger partial charge in [0.25, 0.3) is 0 Å². The molecule has 0 fully saturated rings. The van der Waals surface area contributed by atoms with Crippen LogP contribution in [0.4, 0.5) is 0 Å². The van der Waals surface area contributed by atoms with Crippen LogP contribution >= 0.6 is 11.8 Å². The van der Waals surface area contributed by atoms with Gasteiger partial charge in [-0.05, 0) is 36.4 Å². The lowest BCUT2D eigenvalue weighted by atomic mass is 10.1. The van der Waals surface area contributed by atoms with Gasteiger partial charge in [-0.25, -0.2) is 14.9 Å². The maximum Gasteiger partial charge on any atom is 0.358 e. The molecule has 0 aromatic carbocycles. The molecular formula is C11H11N3O3S. The van der Waals surface area contributed by atoms with E-state index in [0.29, 0.717) is 10.5 Å². The van der Waals surface area contributed by atoms with Crippen LogP contribution < -0.4 is 0 Å². The van der Waals surface area contributed by atoms with Crippen LogP contribution in [0.5, 0.6) is 0 Å². The van der Waals surface area contributed by atoms with Crippen LogP contribution in [0.1, 0.15) is 6.92 Å². The number of rotatable bonds is 2. The Hall–Kier alpha value is -1.86. The summed E-state index contributed by atoms with van der Waals surface area (Å²) in [5, 5.41) is 17.6. The zero-order chi connectivity index (χ0) is 13.1. The molecule has 0 saturated heterocycles. The van der Waals surface area contributed by atoms with Crippen LogP contribution in [0.2, 0.25) is 0 Å². The molecule has 18 heavy (non-hydrogen) atoms. The van der Waals surface area contributed by atoms with E-state index in [2.05, 4.69) is 4.99 Å². The number of thioether (sulfide) groups is 1. The van der Waals surface area contributed by atoms with E-state index in [0.717, 1.165) is 16.8 Å². The molecule has 2 rings (SSSR count). The topological polar surface area (TPSA) is 86.0 Å². The average Bonchev–Trinajstić information content (AvgIpc) is 2.73. The fourth-order valence-electron chi connectivity index (χ4n) is 1.42. The van der Waals surface area contributed by atoms with Gasteiger partial charge in [0.15, 0.2) is 10.9 Å². The fraction of sp³-hybridized carbons (Fsp3) is 0.182. The number of hydrogen-bond acceptors (Lipinski definition) is 6. The number of nitrogens with zero attached hydrogens (tertiary/aromatic N) is 2. The molecule has 2 N–H and O–H groups in total. The Morgan fingerprint density at radius 1 is 1.56 bits per heavy atom. The highest BCUT2D eigenvalue weighted by Gasteiger charge is 2.28. The van der Waals surface area contributed by atoms with E-state index in [1.54, 1.807) is 19.1 Å². The number of carbonyl (C=O) groups excluding carboxylic acids is 1. The summed E-state index contributed by atoms with van der Waals surface area (Å²) < 4.78 is 4.89. The van der Waals surface area contributed by atoms with E-state index in [1.165, 1.54) is 12.4 Å². The van der Waals surface area contributed by atoms with Crippen LogP contribution in [0.25, 0.3) is 0 Å². The summed E-state index contributed by atoms with van der Waals surface area (Å²) in [6.45, 7) is 1.97. The molecule has 2 aliphatic rings. The molecule has 0 aliphatic carbocycles. The molecule has 0 amide bonds. The van der Waals surface area contributed by atoms with Crippen molar-refractivity contribution in [2.75, 3.05) is 6.61 Å². The van der Waals surface area contributed by atoms with Gasteiger partial charge in [0.2, 0.25) is 0 Å². The second-order valence-corrected chi connectivity index (χ2v) is 4.38. The van der Waals surface area contributed by atoms with Gasteiger partial charge in [-0.1, -0.05) is 0 Å². The van der Waals surface area contributed by atoms with Crippen molar-refractivity contribution in [3.63, 3.8) is 0 Å². The van der Waals surface area contributed by atoms with E-state index in [9.17, 15) is 4.79 Å². The predicted molar refractivity (Wildman–Crippen MR) is 68.3 cm³/mol. The second-order valence-electron chi connectivity index (χ2n) is 3.38. The second kappa shape index (κ2) is 5.19. The summed E-state index contributed by atoms with van der Waals surface area (Å²) in [4.78, 5) is 16.1. The van der Waals surface area contributed by atoms with Gasteiger partial charge in [-0.3, -0.25) is 10.6 Å². The molecule has 0 saturated carbocycles. The summed E-state index contributed by atoms with van der Waals surface area (Å²) >= 11 is 1.09. The molecule has 6 nitrogen and oxygen atoms in total. The van der Waals surface area contributed by atoms with Crippen LogP contribution in [0.3, 0.4) is 0 Å². The minimum Gasteiger partial charge on any atom is -0.461 e. The third-order valence-corrected chi connectivity index (χ3v) is 3.09. The Labute approximate surface area is 108 Å². The van der Waals surface area contributed by atoms with Crippen molar-refractivity contribution < 1.29 is 14.7 Å². The highest BCUT2D eigenvalue weighted by molar-refractivity contribution is 8.18. The van der Waals surface area contributed by atoms with E-state index >= 15 is 0 Å². The number of ether oxygens (including phenoxy) is 1. The molecule has 2 heterocycles. The van der Waals surface area contributed by atoms with Crippen LogP contribution in [0, 0.1) is 5.41 Å². The number of carbonyl (C=O) groups is 1. The van der Waals surface area contributed by atoms with Crippen molar-refractivity contribution in [2.24, 2.45) is 4.99 Å². The molecule has 0 atom stereocenters. The van der Waals surface area contributed by atoms with Crippen molar-refractivity contribution in [1.29, 1.82) is 5.41 Å². The lowest BCUT2D eigenvalue weighted by Crippen LogP contribution is -2.18. The van der Waals surface area contributed by atoms with Crippen molar-refractivity contribution in [3.8, 4) is 0 Å². The molecule has 0 unspecified atom stereocenters. The molecule has 0 aromatic heterocycles. The Morgan fingerprint density at radius 3 is 2.83 bits per heavy atom. The van der Waals surface area contributed by atoms with Gasteiger partial charge in [-0.15, -0.1) is 0 Å². The van der Waals surface area contributed by atoms with Crippen LogP contribution in [-0.4, -0.2) is 33.7 Å². The zero-order valence-corrected chi connectivity index (χ0v) is 10.4. The molecule has 2 aliphatic heterocycles. The minimum absolute atomic E-state index is 0.0498. The third-order valence-electron chi connectivity index (χ3n) is 2.17. The number of hydroxylamine groups is 2. The molecule has 0 spiro atoms. The van der Waals surface area contributed by atoms with E-state index in [1.807, 2.05) is 0 Å². The van der Waals surface area contributed by atoms with Gasteiger partial charge < -0.3 is 4.74 Å². The predicted octanol–water partition coefficient (Wildman–Crippen LogP) is 1.66. The van der Waals surface area contributed by atoms with Crippen molar-refractivity contribution in [3.05, 3.63) is 35.0 Å². The molecule has 7 heteroatoms. The van der Waals surface area contributed by atoms with Crippen LogP contribution in [0.15, 0.2) is 40.0 Å². The van der Waals surface area contributed by atoms with Crippen molar-refractivity contribution >= 4 is 28.6 Å². The van der Waals surface area contributed by atoms with Gasteiger partial charge in [0.1, 0.15) is 0 Å². The first kappa shape index (κ1) is 12.6. The summed E-state index contributed by atoms with van der Waals surface area (Å²) in [6, 6.07) is 0. The number of esters is 1. The standard InChI is InChI=1S/C11H11N3O3S/c1-2-17-10(15)8-9(18-11(12)13-8)7-3-5-14(16)6-4-7/h3-6,12,16H,2H2,1H3. The highest BCUT2D eigenvalue weighted by Crippen LogP contribution is 2.32. The first-order valence-corrected chi connectivity index (χ1v) is 6.04. The van der Waals surface area contributed by atoms with Gasteiger partial charge in [0.05, 0.1) is 11.5 Å². The summed E-state index contributed by atoms with van der Waals surface area (Å²) in [7, 11) is 0. The highest BCUT2D eigenvalue weighted by atomic mass is 32.2.